The minimum atomic E-state index is -0.504. The first-order valence-electron chi connectivity index (χ1n) is 9.93. The van der Waals surface area contributed by atoms with E-state index in [4.69, 9.17) is 16.3 Å². The Morgan fingerprint density at radius 3 is 2.26 bits per heavy atom. The van der Waals surface area contributed by atoms with E-state index < -0.39 is 11.8 Å². The summed E-state index contributed by atoms with van der Waals surface area (Å²) in [6.07, 6.45) is -0.122. The summed E-state index contributed by atoms with van der Waals surface area (Å²) < 4.78 is 5.60. The number of hydrogen-bond donors (Lipinski definition) is 3. The van der Waals surface area contributed by atoms with Gasteiger partial charge in [0, 0.05) is 23.6 Å². The van der Waals surface area contributed by atoms with Gasteiger partial charge >= 0.3 is 0 Å². The molecule has 0 radical (unpaired) electrons. The SMILES string of the molecule is Cc1c(Cl)cccc1NC(=O)CCC(=O)NNC(=O)COc1ccccc1C(C)(C)C. The third kappa shape index (κ3) is 7.61. The molecule has 0 atom stereocenters. The molecule has 0 spiro atoms. The zero-order valence-electron chi connectivity index (χ0n) is 18.2. The molecule has 7 nitrogen and oxygen atoms in total. The molecule has 0 aliphatic heterocycles. The van der Waals surface area contributed by atoms with Gasteiger partial charge in [-0.05, 0) is 41.7 Å². The second-order valence-corrected chi connectivity index (χ2v) is 8.50. The second kappa shape index (κ2) is 10.8. The molecule has 0 saturated carbocycles. The molecule has 31 heavy (non-hydrogen) atoms. The molecule has 0 fully saturated rings. The lowest BCUT2D eigenvalue weighted by Crippen LogP contribution is -2.44. The van der Waals surface area contributed by atoms with Crippen molar-refractivity contribution in [1.82, 2.24) is 10.9 Å². The number of hydrogen-bond acceptors (Lipinski definition) is 4. The van der Waals surface area contributed by atoms with Crippen LogP contribution >= 0.6 is 11.6 Å². The summed E-state index contributed by atoms with van der Waals surface area (Å²) in [6.45, 7) is 7.71. The molecule has 0 bridgehead atoms. The average Bonchev–Trinajstić information content (AvgIpc) is 2.72. The lowest BCUT2D eigenvalue weighted by atomic mass is 9.86. The Labute approximate surface area is 187 Å². The summed E-state index contributed by atoms with van der Waals surface area (Å²) in [5.74, 6) is -0.698. The van der Waals surface area contributed by atoms with Crippen molar-refractivity contribution in [3.05, 3.63) is 58.6 Å². The molecule has 2 rings (SSSR count). The van der Waals surface area contributed by atoms with Crippen molar-refractivity contribution in [2.45, 2.75) is 46.0 Å². The molecule has 0 aliphatic rings. The van der Waals surface area contributed by atoms with E-state index in [0.29, 0.717) is 16.5 Å². The molecule has 3 N–H and O–H groups in total. The van der Waals surface area contributed by atoms with Gasteiger partial charge in [-0.3, -0.25) is 25.2 Å². The summed E-state index contributed by atoms with van der Waals surface area (Å²) in [5, 5.41) is 3.26. The number of para-hydroxylation sites is 1. The maximum Gasteiger partial charge on any atom is 0.276 e. The van der Waals surface area contributed by atoms with E-state index >= 15 is 0 Å². The standard InChI is InChI=1S/C23H28ClN3O4/c1-15-17(24)9-7-10-18(15)25-20(28)12-13-21(29)26-27-22(30)14-31-19-11-6-5-8-16(19)23(2,3)4/h5-11H,12-14H2,1-4H3,(H,25,28)(H,26,29)(H,27,30). The fraction of sp³-hybridized carbons (Fsp3) is 0.348. The van der Waals surface area contributed by atoms with Gasteiger partial charge in [-0.25, -0.2) is 0 Å². The van der Waals surface area contributed by atoms with Crippen LogP contribution in [0.5, 0.6) is 5.75 Å². The number of anilines is 1. The smallest absolute Gasteiger partial charge is 0.276 e. The maximum absolute atomic E-state index is 12.0. The summed E-state index contributed by atoms with van der Waals surface area (Å²) in [7, 11) is 0. The van der Waals surface area contributed by atoms with Gasteiger partial charge in [-0.2, -0.15) is 0 Å². The molecule has 2 aromatic carbocycles. The Balaban J connectivity index is 1.73. The van der Waals surface area contributed by atoms with Crippen LogP contribution in [-0.4, -0.2) is 24.3 Å². The first-order chi connectivity index (χ1) is 14.6. The second-order valence-electron chi connectivity index (χ2n) is 8.09. The van der Waals surface area contributed by atoms with Gasteiger partial charge < -0.3 is 10.1 Å². The lowest BCUT2D eigenvalue weighted by Gasteiger charge is -2.22. The van der Waals surface area contributed by atoms with Crippen molar-refractivity contribution in [2.75, 3.05) is 11.9 Å². The third-order valence-electron chi connectivity index (χ3n) is 4.52. The van der Waals surface area contributed by atoms with Gasteiger partial charge in [0.1, 0.15) is 5.75 Å². The van der Waals surface area contributed by atoms with Gasteiger partial charge in [-0.15, -0.1) is 0 Å². The highest BCUT2D eigenvalue weighted by Crippen LogP contribution is 2.30. The van der Waals surface area contributed by atoms with E-state index in [1.165, 1.54) is 0 Å². The molecular weight excluding hydrogens is 418 g/mol. The Morgan fingerprint density at radius 1 is 0.903 bits per heavy atom. The van der Waals surface area contributed by atoms with E-state index in [1.807, 2.05) is 18.2 Å². The van der Waals surface area contributed by atoms with E-state index in [2.05, 4.69) is 36.9 Å². The number of rotatable bonds is 7. The van der Waals surface area contributed by atoms with Gasteiger partial charge in [0.2, 0.25) is 11.8 Å². The number of halogens is 1. The molecule has 0 aliphatic carbocycles. The summed E-state index contributed by atoms with van der Waals surface area (Å²) in [4.78, 5) is 36.0. The molecule has 0 unspecified atom stereocenters. The number of amides is 3. The van der Waals surface area contributed by atoms with Crippen molar-refractivity contribution < 1.29 is 19.1 Å². The van der Waals surface area contributed by atoms with E-state index in [1.54, 1.807) is 31.2 Å². The summed E-state index contributed by atoms with van der Waals surface area (Å²) >= 11 is 6.03. The highest BCUT2D eigenvalue weighted by atomic mass is 35.5. The summed E-state index contributed by atoms with van der Waals surface area (Å²) in [6, 6.07) is 12.7. The molecule has 3 amide bonds. The largest absolute Gasteiger partial charge is 0.483 e. The quantitative estimate of drug-likeness (QED) is 0.563. The number of ether oxygens (including phenoxy) is 1. The third-order valence-corrected chi connectivity index (χ3v) is 4.93. The number of nitrogens with one attached hydrogen (secondary N) is 3. The van der Waals surface area contributed by atoms with Crippen molar-refractivity contribution in [3.63, 3.8) is 0 Å². The predicted molar refractivity (Wildman–Crippen MR) is 121 cm³/mol. The van der Waals surface area contributed by atoms with Crippen LogP contribution in [0.4, 0.5) is 5.69 Å². The van der Waals surface area contributed by atoms with Crippen LogP contribution in [0.15, 0.2) is 42.5 Å². The number of carbonyl (C=O) groups excluding carboxylic acids is 3. The zero-order chi connectivity index (χ0) is 23.0. The normalized spacial score (nSPS) is 10.9. The molecule has 8 heteroatoms. The first-order valence-corrected chi connectivity index (χ1v) is 10.3. The van der Waals surface area contributed by atoms with Crippen LogP contribution in [0.25, 0.3) is 0 Å². The molecular formula is C23H28ClN3O4. The predicted octanol–water partition coefficient (Wildman–Crippen LogP) is 3.89. The van der Waals surface area contributed by atoms with Crippen molar-refractivity contribution in [3.8, 4) is 5.75 Å². The summed E-state index contributed by atoms with van der Waals surface area (Å²) in [5.41, 5.74) is 6.77. The van der Waals surface area contributed by atoms with Crippen LogP contribution in [-0.2, 0) is 19.8 Å². The van der Waals surface area contributed by atoms with Gasteiger partial charge in [-0.1, -0.05) is 56.6 Å². The Morgan fingerprint density at radius 2 is 1.55 bits per heavy atom. The Bertz CT molecular complexity index is 954. The maximum atomic E-state index is 12.0. The van der Waals surface area contributed by atoms with Crippen molar-refractivity contribution in [1.29, 1.82) is 0 Å². The molecule has 0 saturated heterocycles. The molecule has 0 aromatic heterocycles. The molecule has 166 valence electrons. The molecule has 0 heterocycles. The molecule has 2 aromatic rings. The van der Waals surface area contributed by atoms with Crippen molar-refractivity contribution >= 4 is 35.0 Å². The topological polar surface area (TPSA) is 96.5 Å². The first kappa shape index (κ1) is 24.2. The Kier molecular flexibility index (Phi) is 8.45. The Hall–Kier alpha value is -3.06. The van der Waals surface area contributed by atoms with Gasteiger partial charge in [0.15, 0.2) is 6.61 Å². The number of benzene rings is 2. The monoisotopic (exact) mass is 445 g/mol. The average molecular weight is 446 g/mol. The highest BCUT2D eigenvalue weighted by Gasteiger charge is 2.19. The van der Waals surface area contributed by atoms with Gasteiger partial charge in [0.25, 0.3) is 5.91 Å². The fourth-order valence-electron chi connectivity index (χ4n) is 2.78. The van der Waals surface area contributed by atoms with Crippen molar-refractivity contribution in [2.24, 2.45) is 0 Å². The van der Waals surface area contributed by atoms with Crippen LogP contribution in [0.3, 0.4) is 0 Å². The van der Waals surface area contributed by atoms with Gasteiger partial charge in [0.05, 0.1) is 0 Å². The fourth-order valence-corrected chi connectivity index (χ4v) is 2.95. The highest BCUT2D eigenvalue weighted by molar-refractivity contribution is 6.31. The van der Waals surface area contributed by atoms with E-state index in [0.717, 1.165) is 11.1 Å². The van der Waals surface area contributed by atoms with Crippen LogP contribution in [0, 0.1) is 6.92 Å². The number of hydrazine groups is 1. The lowest BCUT2D eigenvalue weighted by molar-refractivity contribution is -0.130. The number of carbonyl (C=O) groups is 3. The zero-order valence-corrected chi connectivity index (χ0v) is 18.9. The van der Waals surface area contributed by atoms with Crippen LogP contribution in [0.2, 0.25) is 5.02 Å². The van der Waals surface area contributed by atoms with E-state index in [9.17, 15) is 14.4 Å². The minimum absolute atomic E-state index is 0.0386. The van der Waals surface area contributed by atoms with Crippen LogP contribution in [0.1, 0.15) is 44.7 Å². The van der Waals surface area contributed by atoms with E-state index in [-0.39, 0.29) is 30.8 Å². The van der Waals surface area contributed by atoms with Crippen LogP contribution < -0.4 is 20.9 Å². The minimum Gasteiger partial charge on any atom is -0.483 e.